The monoisotopic (exact) mass is 312 g/mol. The number of nitrogens with one attached hydrogen (secondary N) is 2. The maximum absolute atomic E-state index is 12.3. The lowest BCUT2D eigenvalue weighted by Gasteiger charge is -2.39. The standard InChI is InChI=1S/C14H20N2O4S/c1-10(2)16-21(19,20)12-7-4-3-6-11(12)15-14(13(17)18)8-5-9-14/h3-4,6-7,10,15-16H,5,8-9H2,1-2H3,(H,17,18). The van der Waals surface area contributed by atoms with Gasteiger partial charge in [-0.15, -0.1) is 0 Å². The molecule has 0 unspecified atom stereocenters. The molecule has 0 amide bonds. The van der Waals surface area contributed by atoms with E-state index in [0.717, 1.165) is 6.42 Å². The molecule has 0 spiro atoms. The van der Waals surface area contributed by atoms with Gasteiger partial charge in [0.25, 0.3) is 0 Å². The van der Waals surface area contributed by atoms with Crippen molar-refractivity contribution in [3.05, 3.63) is 24.3 Å². The van der Waals surface area contributed by atoms with E-state index < -0.39 is 21.5 Å². The first kappa shape index (κ1) is 15.8. The molecule has 6 nitrogen and oxygen atoms in total. The first-order valence-electron chi connectivity index (χ1n) is 6.90. The third-order valence-electron chi connectivity index (χ3n) is 3.56. The van der Waals surface area contributed by atoms with Gasteiger partial charge >= 0.3 is 5.97 Å². The maximum Gasteiger partial charge on any atom is 0.329 e. The van der Waals surface area contributed by atoms with Gasteiger partial charge < -0.3 is 10.4 Å². The van der Waals surface area contributed by atoms with Gasteiger partial charge in [-0.3, -0.25) is 0 Å². The van der Waals surface area contributed by atoms with Crippen molar-refractivity contribution >= 4 is 21.7 Å². The molecule has 3 N–H and O–H groups in total. The van der Waals surface area contributed by atoms with E-state index in [1.807, 2.05) is 0 Å². The predicted octanol–water partition coefficient (Wildman–Crippen LogP) is 1.79. The van der Waals surface area contributed by atoms with Gasteiger partial charge in [0, 0.05) is 6.04 Å². The smallest absolute Gasteiger partial charge is 0.329 e. The van der Waals surface area contributed by atoms with Crippen molar-refractivity contribution in [3.8, 4) is 0 Å². The summed E-state index contributed by atoms with van der Waals surface area (Å²) in [5.41, 5.74) is -0.726. The summed E-state index contributed by atoms with van der Waals surface area (Å²) in [6.07, 6.45) is 1.81. The number of rotatable bonds is 6. The predicted molar refractivity (Wildman–Crippen MR) is 79.7 cm³/mol. The molecule has 0 bridgehead atoms. The SMILES string of the molecule is CC(C)NS(=O)(=O)c1ccccc1NC1(C(=O)O)CCC1. The molecule has 1 fully saturated rings. The van der Waals surface area contributed by atoms with Gasteiger partial charge in [0.2, 0.25) is 10.0 Å². The van der Waals surface area contributed by atoms with Gasteiger partial charge in [0.15, 0.2) is 0 Å². The molecule has 1 aromatic carbocycles. The highest BCUT2D eigenvalue weighted by molar-refractivity contribution is 7.89. The summed E-state index contributed by atoms with van der Waals surface area (Å²) in [6, 6.07) is 6.14. The summed E-state index contributed by atoms with van der Waals surface area (Å²) in [6.45, 7) is 3.47. The average Bonchev–Trinajstić information content (AvgIpc) is 2.32. The first-order chi connectivity index (χ1) is 9.77. The molecule has 116 valence electrons. The Hall–Kier alpha value is -1.60. The molecule has 1 aliphatic rings. The highest BCUT2D eigenvalue weighted by atomic mass is 32.2. The van der Waals surface area contributed by atoms with Crippen LogP contribution in [-0.2, 0) is 14.8 Å². The van der Waals surface area contributed by atoms with E-state index in [4.69, 9.17) is 0 Å². The molecule has 0 atom stereocenters. The third kappa shape index (κ3) is 3.19. The van der Waals surface area contributed by atoms with Crippen LogP contribution in [0.2, 0.25) is 0 Å². The number of carboxylic acids is 1. The average molecular weight is 312 g/mol. The van der Waals surface area contributed by atoms with Gasteiger partial charge in [-0.25, -0.2) is 17.9 Å². The molecule has 1 aliphatic carbocycles. The number of aliphatic carboxylic acids is 1. The van der Waals surface area contributed by atoms with Crippen LogP contribution in [-0.4, -0.2) is 31.1 Å². The highest BCUT2D eigenvalue weighted by Gasteiger charge is 2.45. The van der Waals surface area contributed by atoms with Gasteiger partial charge in [-0.2, -0.15) is 0 Å². The zero-order valence-corrected chi connectivity index (χ0v) is 12.9. The molecular formula is C14H20N2O4S. The topological polar surface area (TPSA) is 95.5 Å². The van der Waals surface area contributed by atoms with Gasteiger partial charge in [0.05, 0.1) is 5.69 Å². The third-order valence-corrected chi connectivity index (χ3v) is 5.27. The van der Waals surface area contributed by atoms with Crippen molar-refractivity contribution in [2.24, 2.45) is 0 Å². The lowest BCUT2D eigenvalue weighted by atomic mass is 9.76. The fourth-order valence-corrected chi connectivity index (χ4v) is 3.77. The van der Waals surface area contributed by atoms with Crippen LogP contribution >= 0.6 is 0 Å². The van der Waals surface area contributed by atoms with E-state index in [9.17, 15) is 18.3 Å². The number of hydrogen-bond donors (Lipinski definition) is 3. The van der Waals surface area contributed by atoms with Gasteiger partial charge in [-0.05, 0) is 45.2 Å². The Morgan fingerprint density at radius 2 is 1.90 bits per heavy atom. The van der Waals surface area contributed by atoms with E-state index in [2.05, 4.69) is 10.0 Å². The Morgan fingerprint density at radius 1 is 1.29 bits per heavy atom. The minimum absolute atomic E-state index is 0.0752. The quantitative estimate of drug-likeness (QED) is 0.744. The van der Waals surface area contributed by atoms with E-state index in [1.54, 1.807) is 32.0 Å². The molecule has 1 saturated carbocycles. The molecule has 0 radical (unpaired) electrons. The minimum atomic E-state index is -3.68. The van der Waals surface area contributed by atoms with Crippen LogP contribution < -0.4 is 10.0 Å². The highest BCUT2D eigenvalue weighted by Crippen LogP contribution is 2.37. The molecule has 0 saturated heterocycles. The van der Waals surface area contributed by atoms with Crippen molar-refractivity contribution in [1.29, 1.82) is 0 Å². The van der Waals surface area contributed by atoms with Crippen LogP contribution in [0.5, 0.6) is 0 Å². The summed E-state index contributed by atoms with van der Waals surface area (Å²) in [4.78, 5) is 11.5. The zero-order chi connectivity index (χ0) is 15.7. The number of carbonyl (C=O) groups is 1. The van der Waals surface area contributed by atoms with E-state index in [0.29, 0.717) is 18.5 Å². The van der Waals surface area contributed by atoms with Crippen LogP contribution in [0.25, 0.3) is 0 Å². The summed E-state index contributed by atoms with van der Waals surface area (Å²) in [5, 5.41) is 12.3. The number of hydrogen-bond acceptors (Lipinski definition) is 4. The molecule has 1 aromatic rings. The fraction of sp³-hybridized carbons (Fsp3) is 0.500. The molecule has 7 heteroatoms. The molecular weight excluding hydrogens is 292 g/mol. The van der Waals surface area contributed by atoms with Crippen LogP contribution in [0.15, 0.2) is 29.2 Å². The van der Waals surface area contributed by atoms with Crippen LogP contribution in [0.1, 0.15) is 33.1 Å². The normalized spacial score (nSPS) is 17.3. The lowest BCUT2D eigenvalue weighted by Crippen LogP contribution is -2.52. The van der Waals surface area contributed by atoms with E-state index >= 15 is 0 Å². The molecule has 0 heterocycles. The number of para-hydroxylation sites is 1. The first-order valence-corrected chi connectivity index (χ1v) is 8.38. The molecule has 0 aromatic heterocycles. The summed E-state index contributed by atoms with van der Waals surface area (Å²) < 4.78 is 27.2. The number of carboxylic acid groups (broad SMARTS) is 1. The molecule has 2 rings (SSSR count). The van der Waals surface area contributed by atoms with Crippen molar-refractivity contribution in [1.82, 2.24) is 4.72 Å². The summed E-state index contributed by atoms with van der Waals surface area (Å²) in [5.74, 6) is -0.947. The number of anilines is 1. The Balaban J connectivity index is 2.36. The van der Waals surface area contributed by atoms with Gasteiger partial charge in [0.1, 0.15) is 10.4 Å². The summed E-state index contributed by atoms with van der Waals surface area (Å²) >= 11 is 0. The number of sulfonamides is 1. The van der Waals surface area contributed by atoms with Crippen LogP contribution in [0, 0.1) is 0 Å². The molecule has 21 heavy (non-hydrogen) atoms. The maximum atomic E-state index is 12.3. The Morgan fingerprint density at radius 3 is 2.38 bits per heavy atom. The Bertz CT molecular complexity index is 636. The Labute approximate surface area is 124 Å². The van der Waals surface area contributed by atoms with Crippen molar-refractivity contribution < 1.29 is 18.3 Å². The zero-order valence-electron chi connectivity index (χ0n) is 12.1. The van der Waals surface area contributed by atoms with Crippen molar-refractivity contribution in [3.63, 3.8) is 0 Å². The van der Waals surface area contributed by atoms with E-state index in [-0.39, 0.29) is 10.9 Å². The number of benzene rings is 1. The minimum Gasteiger partial charge on any atom is -0.480 e. The van der Waals surface area contributed by atoms with Gasteiger partial charge in [-0.1, -0.05) is 12.1 Å². The van der Waals surface area contributed by atoms with E-state index in [1.165, 1.54) is 6.07 Å². The van der Waals surface area contributed by atoms with Crippen LogP contribution in [0.4, 0.5) is 5.69 Å². The second-order valence-electron chi connectivity index (χ2n) is 5.64. The Kier molecular flexibility index (Phi) is 4.25. The second kappa shape index (κ2) is 5.65. The van der Waals surface area contributed by atoms with Crippen molar-refractivity contribution in [2.75, 3.05) is 5.32 Å². The van der Waals surface area contributed by atoms with Crippen LogP contribution in [0.3, 0.4) is 0 Å². The largest absolute Gasteiger partial charge is 0.480 e. The second-order valence-corrected chi connectivity index (χ2v) is 7.32. The lowest BCUT2D eigenvalue weighted by molar-refractivity contribution is -0.145. The fourth-order valence-electron chi connectivity index (χ4n) is 2.36. The summed E-state index contributed by atoms with van der Waals surface area (Å²) in [7, 11) is -3.68. The van der Waals surface area contributed by atoms with Crippen molar-refractivity contribution in [2.45, 2.75) is 49.6 Å². The molecule has 0 aliphatic heterocycles.